The first kappa shape index (κ1) is 20.4. The van der Waals surface area contributed by atoms with Crippen LogP contribution in [0.2, 0.25) is 0 Å². The summed E-state index contributed by atoms with van der Waals surface area (Å²) in [6.45, 7) is 1.13. The molecule has 1 fully saturated rings. The lowest BCUT2D eigenvalue weighted by Crippen LogP contribution is -2.41. The minimum absolute atomic E-state index is 0.00308. The zero-order chi connectivity index (χ0) is 21.9. The van der Waals surface area contributed by atoms with Gasteiger partial charge in [0.25, 0.3) is 5.91 Å². The molecule has 0 aliphatic carbocycles. The van der Waals surface area contributed by atoms with Crippen molar-refractivity contribution >= 4 is 39.7 Å². The van der Waals surface area contributed by atoms with Crippen molar-refractivity contribution in [3.63, 3.8) is 0 Å². The quantitative estimate of drug-likeness (QED) is 0.458. The van der Waals surface area contributed by atoms with Gasteiger partial charge in [0.15, 0.2) is 0 Å². The van der Waals surface area contributed by atoms with Gasteiger partial charge in [-0.3, -0.25) is 9.59 Å². The molecule has 0 spiro atoms. The van der Waals surface area contributed by atoms with Gasteiger partial charge in [-0.25, -0.2) is 4.98 Å². The highest BCUT2D eigenvalue weighted by Crippen LogP contribution is 2.29. The lowest BCUT2D eigenvalue weighted by molar-refractivity contribution is -0.121. The molecule has 0 saturated carbocycles. The van der Waals surface area contributed by atoms with Gasteiger partial charge < -0.3 is 10.2 Å². The summed E-state index contributed by atoms with van der Waals surface area (Å²) in [4.78, 5) is 33.8. The van der Waals surface area contributed by atoms with Crippen molar-refractivity contribution < 1.29 is 9.59 Å². The molecule has 2 aromatic carbocycles. The summed E-state index contributed by atoms with van der Waals surface area (Å²) in [6.07, 6.45) is 1.32. The molecule has 160 valence electrons. The molecule has 5 rings (SSSR count). The van der Waals surface area contributed by atoms with Crippen LogP contribution in [0, 0.1) is 5.92 Å². The number of piperidine rings is 1. The number of benzene rings is 2. The van der Waals surface area contributed by atoms with E-state index >= 15 is 0 Å². The number of thiophene rings is 1. The number of amides is 2. The van der Waals surface area contributed by atoms with Gasteiger partial charge in [0.2, 0.25) is 5.91 Å². The molecule has 1 aliphatic heterocycles. The Morgan fingerprint density at radius 2 is 1.69 bits per heavy atom. The van der Waals surface area contributed by atoms with Gasteiger partial charge in [-0.1, -0.05) is 42.5 Å². The van der Waals surface area contributed by atoms with E-state index in [-0.39, 0.29) is 17.7 Å². The van der Waals surface area contributed by atoms with Crippen LogP contribution < -0.4 is 5.32 Å². The fourth-order valence-corrected chi connectivity index (χ4v) is 4.87. The molecular weight excluding hydrogens is 418 g/mol. The van der Waals surface area contributed by atoms with Crippen LogP contribution in [0.1, 0.15) is 23.2 Å². The van der Waals surface area contributed by atoms with Crippen molar-refractivity contribution in [1.29, 1.82) is 0 Å². The van der Waals surface area contributed by atoms with Crippen LogP contribution in [0.5, 0.6) is 0 Å². The first-order valence-corrected chi connectivity index (χ1v) is 11.7. The Balaban J connectivity index is 1.34. The Bertz CT molecular complexity index is 1250. The van der Waals surface area contributed by atoms with Crippen molar-refractivity contribution in [2.45, 2.75) is 12.8 Å². The number of pyridine rings is 1. The van der Waals surface area contributed by atoms with E-state index in [1.54, 1.807) is 11.3 Å². The highest BCUT2D eigenvalue weighted by molar-refractivity contribution is 7.13. The predicted molar refractivity (Wildman–Crippen MR) is 129 cm³/mol. The highest BCUT2D eigenvalue weighted by atomic mass is 32.1. The number of aromatic nitrogens is 1. The second-order valence-electron chi connectivity index (χ2n) is 7.97. The summed E-state index contributed by atoms with van der Waals surface area (Å²) in [5.41, 5.74) is 3.12. The molecule has 3 heterocycles. The Kier molecular flexibility index (Phi) is 5.69. The summed E-state index contributed by atoms with van der Waals surface area (Å²) < 4.78 is 0. The van der Waals surface area contributed by atoms with Gasteiger partial charge in [-0.2, -0.15) is 0 Å². The van der Waals surface area contributed by atoms with Gasteiger partial charge in [0.1, 0.15) is 0 Å². The topological polar surface area (TPSA) is 62.3 Å². The monoisotopic (exact) mass is 441 g/mol. The lowest BCUT2D eigenvalue weighted by atomic mass is 9.95. The summed E-state index contributed by atoms with van der Waals surface area (Å²) in [5, 5.41) is 5.86. The fourth-order valence-electron chi connectivity index (χ4n) is 4.18. The highest BCUT2D eigenvalue weighted by Gasteiger charge is 2.29. The molecule has 1 aliphatic rings. The van der Waals surface area contributed by atoms with Crippen molar-refractivity contribution in [2.75, 3.05) is 18.4 Å². The standard InChI is InChI=1S/C26H23N3O2S/c30-25(27-19-7-2-1-3-8-19)18-12-14-29(15-13-18)26(31)21-17-23(24-11-6-16-32-24)28-22-10-5-4-9-20(21)22/h1-11,16-18H,12-15H2,(H,27,30). The third-order valence-corrected chi connectivity index (χ3v) is 6.81. The Hall–Kier alpha value is -3.51. The van der Waals surface area contributed by atoms with Crippen LogP contribution in [-0.4, -0.2) is 34.8 Å². The van der Waals surface area contributed by atoms with E-state index in [4.69, 9.17) is 4.98 Å². The van der Waals surface area contributed by atoms with E-state index in [0.717, 1.165) is 27.2 Å². The minimum Gasteiger partial charge on any atom is -0.339 e. The Labute approximate surface area is 190 Å². The average molecular weight is 442 g/mol. The SMILES string of the molecule is O=C(Nc1ccccc1)C1CCN(C(=O)c2cc(-c3cccs3)nc3ccccc23)CC1. The van der Waals surface area contributed by atoms with E-state index in [0.29, 0.717) is 31.5 Å². The van der Waals surface area contributed by atoms with Crippen molar-refractivity contribution in [1.82, 2.24) is 9.88 Å². The van der Waals surface area contributed by atoms with E-state index in [1.807, 2.05) is 83.1 Å². The predicted octanol–water partition coefficient (Wildman–Crippen LogP) is 5.45. The Morgan fingerprint density at radius 1 is 0.938 bits per heavy atom. The molecule has 5 nitrogen and oxygen atoms in total. The van der Waals surface area contributed by atoms with Crippen LogP contribution in [0.4, 0.5) is 5.69 Å². The molecule has 0 bridgehead atoms. The summed E-state index contributed by atoms with van der Waals surface area (Å²) in [7, 11) is 0. The smallest absolute Gasteiger partial charge is 0.254 e. The third kappa shape index (κ3) is 4.14. The second-order valence-corrected chi connectivity index (χ2v) is 8.92. The minimum atomic E-state index is -0.0879. The van der Waals surface area contributed by atoms with Gasteiger partial charge in [0, 0.05) is 30.1 Å². The molecule has 4 aromatic rings. The van der Waals surface area contributed by atoms with Crippen LogP contribution >= 0.6 is 11.3 Å². The number of likely N-dealkylation sites (tertiary alicyclic amines) is 1. The number of carbonyl (C=O) groups is 2. The van der Waals surface area contributed by atoms with E-state index < -0.39 is 0 Å². The molecule has 0 atom stereocenters. The number of carbonyl (C=O) groups excluding carboxylic acids is 2. The number of fused-ring (bicyclic) bond motifs is 1. The first-order chi connectivity index (χ1) is 15.7. The maximum Gasteiger partial charge on any atom is 0.254 e. The van der Waals surface area contributed by atoms with Gasteiger partial charge >= 0.3 is 0 Å². The number of hydrogen-bond acceptors (Lipinski definition) is 4. The second kappa shape index (κ2) is 8.93. The molecule has 2 aromatic heterocycles. The van der Waals surface area contributed by atoms with E-state index in [1.165, 1.54) is 0 Å². The van der Waals surface area contributed by atoms with Crippen LogP contribution in [0.25, 0.3) is 21.5 Å². The maximum atomic E-state index is 13.5. The van der Waals surface area contributed by atoms with E-state index in [2.05, 4.69) is 5.32 Å². The number of hydrogen-bond donors (Lipinski definition) is 1. The number of nitrogens with one attached hydrogen (secondary N) is 1. The lowest BCUT2D eigenvalue weighted by Gasteiger charge is -2.31. The van der Waals surface area contributed by atoms with Crippen LogP contribution in [0.3, 0.4) is 0 Å². The third-order valence-electron chi connectivity index (χ3n) is 5.91. The zero-order valence-corrected chi connectivity index (χ0v) is 18.3. The molecule has 32 heavy (non-hydrogen) atoms. The summed E-state index contributed by atoms with van der Waals surface area (Å²) >= 11 is 1.61. The number of anilines is 1. The van der Waals surface area contributed by atoms with Crippen molar-refractivity contribution in [3.8, 4) is 10.6 Å². The Morgan fingerprint density at radius 3 is 2.44 bits per heavy atom. The molecule has 2 amide bonds. The van der Waals surface area contributed by atoms with Crippen molar-refractivity contribution in [3.05, 3.63) is 83.7 Å². The average Bonchev–Trinajstić information content (AvgIpc) is 3.39. The van der Waals surface area contributed by atoms with Crippen molar-refractivity contribution in [2.24, 2.45) is 5.92 Å². The van der Waals surface area contributed by atoms with Gasteiger partial charge in [-0.15, -0.1) is 11.3 Å². The molecule has 1 saturated heterocycles. The number of para-hydroxylation sites is 2. The molecule has 0 unspecified atom stereocenters. The molecule has 1 N–H and O–H groups in total. The number of rotatable bonds is 4. The maximum absolute atomic E-state index is 13.5. The van der Waals surface area contributed by atoms with Gasteiger partial charge in [-0.05, 0) is 48.6 Å². The zero-order valence-electron chi connectivity index (χ0n) is 17.5. The summed E-state index contributed by atoms with van der Waals surface area (Å²) in [6, 6.07) is 23.2. The first-order valence-electron chi connectivity index (χ1n) is 10.8. The van der Waals surface area contributed by atoms with Crippen LogP contribution in [-0.2, 0) is 4.79 Å². The molecule has 0 radical (unpaired) electrons. The van der Waals surface area contributed by atoms with Crippen LogP contribution in [0.15, 0.2) is 78.2 Å². The largest absolute Gasteiger partial charge is 0.339 e. The number of nitrogens with zero attached hydrogens (tertiary/aromatic N) is 2. The fraction of sp³-hybridized carbons (Fsp3) is 0.192. The van der Waals surface area contributed by atoms with Gasteiger partial charge in [0.05, 0.1) is 21.7 Å². The summed E-state index contributed by atoms with van der Waals surface area (Å²) in [5.74, 6) is -0.0592. The molecular formula is C26H23N3O2S. The normalized spacial score (nSPS) is 14.4. The molecule has 6 heteroatoms. The van der Waals surface area contributed by atoms with E-state index in [9.17, 15) is 9.59 Å².